The van der Waals surface area contributed by atoms with Crippen molar-refractivity contribution in [1.82, 2.24) is 9.80 Å². The van der Waals surface area contributed by atoms with Gasteiger partial charge in [-0.2, -0.15) is 0 Å². The minimum atomic E-state index is 0.195. The smallest absolute Gasteiger partial charge is 0.129 e. The predicted octanol–water partition coefficient (Wildman–Crippen LogP) is 2.89. The number of piperazine rings is 1. The van der Waals surface area contributed by atoms with Gasteiger partial charge >= 0.3 is 0 Å². The summed E-state index contributed by atoms with van der Waals surface area (Å²) in [4.78, 5) is 4.86. The van der Waals surface area contributed by atoms with Gasteiger partial charge in [-0.1, -0.05) is 18.2 Å². The van der Waals surface area contributed by atoms with Crippen LogP contribution in [0.5, 0.6) is 5.75 Å². The lowest BCUT2D eigenvalue weighted by Gasteiger charge is -2.41. The second-order valence-corrected chi connectivity index (χ2v) is 7.21. The van der Waals surface area contributed by atoms with E-state index in [0.29, 0.717) is 19.3 Å². The van der Waals surface area contributed by atoms with E-state index in [4.69, 9.17) is 13.9 Å². The fraction of sp³-hybridized carbons (Fsp3) is 0.545. The van der Waals surface area contributed by atoms with Crippen LogP contribution in [0.3, 0.4) is 0 Å². The van der Waals surface area contributed by atoms with Gasteiger partial charge in [-0.3, -0.25) is 9.80 Å². The fourth-order valence-electron chi connectivity index (χ4n) is 3.83. The number of hydrogen-bond acceptors (Lipinski definition) is 6. The molecule has 1 aromatic carbocycles. The van der Waals surface area contributed by atoms with E-state index in [9.17, 15) is 5.11 Å². The molecule has 6 nitrogen and oxygen atoms in total. The maximum Gasteiger partial charge on any atom is 0.129 e. The molecular weight excluding hydrogens is 356 g/mol. The highest BCUT2D eigenvalue weighted by Crippen LogP contribution is 2.24. The number of furan rings is 1. The molecule has 2 heterocycles. The zero-order valence-electron chi connectivity index (χ0n) is 17.0. The van der Waals surface area contributed by atoms with E-state index in [1.165, 1.54) is 5.56 Å². The molecule has 1 aromatic heterocycles. The molecule has 1 N–H and O–H groups in total. The summed E-state index contributed by atoms with van der Waals surface area (Å²) in [7, 11) is 1.67. The Morgan fingerprint density at radius 2 is 1.93 bits per heavy atom. The third-order valence-corrected chi connectivity index (χ3v) is 5.18. The Kier molecular flexibility index (Phi) is 7.91. The van der Waals surface area contributed by atoms with Gasteiger partial charge in [0, 0.05) is 51.5 Å². The summed E-state index contributed by atoms with van der Waals surface area (Å²) in [5, 5.41) is 9.58. The quantitative estimate of drug-likeness (QED) is 0.675. The van der Waals surface area contributed by atoms with E-state index >= 15 is 0 Å². The first-order chi connectivity index (χ1) is 13.7. The molecule has 0 radical (unpaired) electrons. The first-order valence-corrected chi connectivity index (χ1v) is 10.1. The number of nitrogens with zero attached hydrogens (tertiary/aromatic N) is 2. The second-order valence-electron chi connectivity index (χ2n) is 7.21. The monoisotopic (exact) mass is 388 g/mol. The zero-order chi connectivity index (χ0) is 19.8. The van der Waals surface area contributed by atoms with Gasteiger partial charge in [-0.05, 0) is 31.5 Å². The van der Waals surface area contributed by atoms with Crippen molar-refractivity contribution >= 4 is 0 Å². The number of para-hydroxylation sites is 1. The summed E-state index contributed by atoms with van der Waals surface area (Å²) >= 11 is 0. The highest BCUT2D eigenvalue weighted by atomic mass is 16.5. The number of ether oxygens (including phenoxy) is 2. The molecule has 1 fully saturated rings. The van der Waals surface area contributed by atoms with E-state index in [0.717, 1.165) is 56.4 Å². The van der Waals surface area contributed by atoms with E-state index in [1.807, 2.05) is 31.2 Å². The molecule has 0 unspecified atom stereocenters. The SMILES string of the molecule is CCOc1ccccc1CN1CCN(Cc2ccc(COC)o2)C[C@@H]1CCO. The molecular formula is C22H32N2O4. The highest BCUT2D eigenvalue weighted by molar-refractivity contribution is 5.33. The van der Waals surface area contributed by atoms with Crippen molar-refractivity contribution in [3.05, 3.63) is 53.5 Å². The topological polar surface area (TPSA) is 58.3 Å². The maximum atomic E-state index is 9.58. The molecule has 2 aromatic rings. The molecule has 6 heteroatoms. The summed E-state index contributed by atoms with van der Waals surface area (Å²) in [5.74, 6) is 2.77. The lowest BCUT2D eigenvalue weighted by molar-refractivity contribution is 0.0457. The number of methoxy groups -OCH3 is 1. The number of aliphatic hydroxyl groups excluding tert-OH is 1. The molecule has 1 aliphatic heterocycles. The zero-order valence-corrected chi connectivity index (χ0v) is 17.0. The van der Waals surface area contributed by atoms with E-state index in [1.54, 1.807) is 7.11 Å². The van der Waals surface area contributed by atoms with E-state index in [-0.39, 0.29) is 6.61 Å². The van der Waals surface area contributed by atoms with Gasteiger partial charge in [-0.25, -0.2) is 0 Å². The minimum absolute atomic E-state index is 0.195. The Bertz CT molecular complexity index is 718. The molecule has 154 valence electrons. The van der Waals surface area contributed by atoms with Crippen molar-refractivity contribution in [2.75, 3.05) is 40.0 Å². The highest BCUT2D eigenvalue weighted by Gasteiger charge is 2.27. The second kappa shape index (κ2) is 10.6. The van der Waals surface area contributed by atoms with Gasteiger partial charge in [0.05, 0.1) is 13.2 Å². The van der Waals surface area contributed by atoms with Crippen molar-refractivity contribution in [1.29, 1.82) is 0 Å². The molecule has 3 rings (SSSR count). The Morgan fingerprint density at radius 3 is 2.71 bits per heavy atom. The van der Waals surface area contributed by atoms with Crippen LogP contribution in [-0.4, -0.2) is 60.9 Å². The Morgan fingerprint density at radius 1 is 1.11 bits per heavy atom. The van der Waals surface area contributed by atoms with Crippen molar-refractivity contribution in [2.24, 2.45) is 0 Å². The van der Waals surface area contributed by atoms with Crippen molar-refractivity contribution in [3.63, 3.8) is 0 Å². The largest absolute Gasteiger partial charge is 0.494 e. The summed E-state index contributed by atoms with van der Waals surface area (Å²) < 4.78 is 16.8. The molecule has 28 heavy (non-hydrogen) atoms. The van der Waals surface area contributed by atoms with Gasteiger partial charge in [0.2, 0.25) is 0 Å². The average molecular weight is 389 g/mol. The van der Waals surface area contributed by atoms with Crippen LogP contribution in [0.4, 0.5) is 0 Å². The van der Waals surface area contributed by atoms with Crippen LogP contribution in [0.15, 0.2) is 40.8 Å². The van der Waals surface area contributed by atoms with Crippen LogP contribution in [-0.2, 0) is 24.4 Å². The average Bonchev–Trinajstić information content (AvgIpc) is 3.13. The lowest BCUT2D eigenvalue weighted by atomic mass is 10.1. The molecule has 0 bridgehead atoms. The van der Waals surface area contributed by atoms with Crippen LogP contribution < -0.4 is 4.74 Å². The Labute approximate surface area is 167 Å². The summed E-state index contributed by atoms with van der Waals surface area (Å²) in [6.07, 6.45) is 0.764. The van der Waals surface area contributed by atoms with Gasteiger partial charge < -0.3 is 19.0 Å². The van der Waals surface area contributed by atoms with Crippen LogP contribution in [0, 0.1) is 0 Å². The number of rotatable bonds is 10. The summed E-state index contributed by atoms with van der Waals surface area (Å²) in [5.41, 5.74) is 1.20. The number of hydrogen-bond donors (Lipinski definition) is 1. The van der Waals surface area contributed by atoms with E-state index in [2.05, 4.69) is 21.9 Å². The third-order valence-electron chi connectivity index (χ3n) is 5.18. The van der Waals surface area contributed by atoms with Gasteiger partial charge in [-0.15, -0.1) is 0 Å². The van der Waals surface area contributed by atoms with Crippen molar-refractivity contribution < 1.29 is 19.0 Å². The molecule has 0 amide bonds. The third kappa shape index (κ3) is 5.58. The summed E-state index contributed by atoms with van der Waals surface area (Å²) in [6.45, 7) is 7.84. The minimum Gasteiger partial charge on any atom is -0.494 e. The van der Waals surface area contributed by atoms with Gasteiger partial charge in [0.25, 0.3) is 0 Å². The number of aliphatic hydroxyl groups is 1. The normalized spacial score (nSPS) is 18.5. The Balaban J connectivity index is 1.62. The molecule has 1 aliphatic rings. The number of benzene rings is 1. The molecule has 0 saturated carbocycles. The molecule has 0 spiro atoms. The van der Waals surface area contributed by atoms with Crippen molar-refractivity contribution in [3.8, 4) is 5.75 Å². The van der Waals surface area contributed by atoms with Crippen LogP contribution in [0.1, 0.15) is 30.4 Å². The first-order valence-electron chi connectivity index (χ1n) is 10.1. The summed E-state index contributed by atoms with van der Waals surface area (Å²) in [6, 6.07) is 12.5. The van der Waals surface area contributed by atoms with Crippen LogP contribution in [0.25, 0.3) is 0 Å². The fourth-order valence-corrected chi connectivity index (χ4v) is 3.83. The van der Waals surface area contributed by atoms with Gasteiger partial charge in [0.15, 0.2) is 0 Å². The maximum absolute atomic E-state index is 9.58. The van der Waals surface area contributed by atoms with Crippen LogP contribution in [0.2, 0.25) is 0 Å². The first kappa shape index (κ1) is 20.9. The molecule has 1 atom stereocenters. The van der Waals surface area contributed by atoms with E-state index < -0.39 is 0 Å². The molecule has 0 aliphatic carbocycles. The van der Waals surface area contributed by atoms with Crippen molar-refractivity contribution in [2.45, 2.75) is 39.1 Å². The van der Waals surface area contributed by atoms with Crippen LogP contribution >= 0.6 is 0 Å². The predicted molar refractivity (Wildman–Crippen MR) is 108 cm³/mol. The van der Waals surface area contributed by atoms with Gasteiger partial charge in [0.1, 0.15) is 23.9 Å². The molecule has 1 saturated heterocycles. The lowest BCUT2D eigenvalue weighted by Crippen LogP contribution is -2.52. The standard InChI is InChI=1S/C22H32N2O4/c1-3-27-22-7-5-4-6-18(22)14-24-12-11-23(15-19(24)10-13-25)16-20-8-9-21(28-20)17-26-2/h4-9,19,25H,3,10-17H2,1-2H3/t19-/m0/s1. The Hall–Kier alpha value is -1.86.